The molecule has 0 unspecified atom stereocenters. The van der Waals surface area contributed by atoms with Gasteiger partial charge in [0.1, 0.15) is 17.9 Å². The monoisotopic (exact) mass is 308 g/mol. The molecule has 2 aromatic carbocycles. The van der Waals surface area contributed by atoms with E-state index in [2.05, 4.69) is 20.4 Å². The number of ether oxygens (including phenoxy) is 1. The normalized spacial score (nSPS) is 11.6. The number of aromatic nitrogens is 3. The zero-order chi connectivity index (χ0) is 15.6. The highest BCUT2D eigenvalue weighted by molar-refractivity contribution is 5.73. The van der Waals surface area contributed by atoms with E-state index in [0.717, 1.165) is 11.0 Å². The number of rotatable bonds is 4. The number of nitrogens with zero attached hydrogens (tertiary/aromatic N) is 3. The molecular weight excluding hydrogens is 297 g/mol. The molecule has 5 nitrogen and oxygen atoms in total. The van der Waals surface area contributed by atoms with Crippen molar-refractivity contribution in [3.63, 3.8) is 0 Å². The van der Waals surface area contributed by atoms with Gasteiger partial charge < -0.3 is 10.1 Å². The van der Waals surface area contributed by atoms with Crippen LogP contribution in [0.25, 0.3) is 11.0 Å². The predicted octanol–water partition coefficient (Wildman–Crippen LogP) is 3.40. The second-order valence-corrected chi connectivity index (χ2v) is 4.48. The summed E-state index contributed by atoms with van der Waals surface area (Å²) in [6, 6.07) is 13.0. The van der Waals surface area contributed by atoms with Gasteiger partial charge in [0, 0.05) is 5.69 Å². The second kappa shape index (κ2) is 5.55. The van der Waals surface area contributed by atoms with Crippen molar-refractivity contribution in [1.82, 2.24) is 15.0 Å². The SMILES string of the molecule is FC(F)(F)Oc1ccc(NCn2nnc3ccccc32)cc1. The van der Waals surface area contributed by atoms with Crippen molar-refractivity contribution < 1.29 is 17.9 Å². The van der Waals surface area contributed by atoms with Gasteiger partial charge in [0.25, 0.3) is 0 Å². The Morgan fingerprint density at radius 1 is 1.05 bits per heavy atom. The molecule has 3 rings (SSSR count). The van der Waals surface area contributed by atoms with Gasteiger partial charge in [0.2, 0.25) is 0 Å². The first-order valence-corrected chi connectivity index (χ1v) is 6.39. The van der Waals surface area contributed by atoms with E-state index in [1.165, 1.54) is 24.3 Å². The topological polar surface area (TPSA) is 52.0 Å². The molecule has 0 atom stereocenters. The number of para-hydroxylation sites is 1. The molecule has 0 radical (unpaired) electrons. The first-order chi connectivity index (χ1) is 10.5. The molecule has 0 saturated carbocycles. The van der Waals surface area contributed by atoms with Crippen LogP contribution in [0.5, 0.6) is 5.75 Å². The molecule has 0 bridgehead atoms. The zero-order valence-corrected chi connectivity index (χ0v) is 11.2. The Bertz CT molecular complexity index is 768. The van der Waals surface area contributed by atoms with Crippen molar-refractivity contribution in [1.29, 1.82) is 0 Å². The highest BCUT2D eigenvalue weighted by Gasteiger charge is 2.30. The van der Waals surface area contributed by atoms with Crippen LogP contribution < -0.4 is 10.1 Å². The summed E-state index contributed by atoms with van der Waals surface area (Å²) in [7, 11) is 0. The number of fused-ring (bicyclic) bond motifs is 1. The van der Waals surface area contributed by atoms with E-state index < -0.39 is 6.36 Å². The number of hydrogen-bond donors (Lipinski definition) is 1. The summed E-state index contributed by atoms with van der Waals surface area (Å²) in [6.45, 7) is 0.347. The average molecular weight is 308 g/mol. The average Bonchev–Trinajstić information content (AvgIpc) is 2.88. The van der Waals surface area contributed by atoms with Crippen molar-refractivity contribution >= 4 is 16.7 Å². The van der Waals surface area contributed by atoms with Gasteiger partial charge in [-0.2, -0.15) is 0 Å². The van der Waals surface area contributed by atoms with Gasteiger partial charge in [-0.1, -0.05) is 17.3 Å². The molecule has 0 spiro atoms. The molecule has 1 heterocycles. The van der Waals surface area contributed by atoms with Crippen molar-refractivity contribution in [2.75, 3.05) is 5.32 Å². The maximum Gasteiger partial charge on any atom is 0.573 e. The Kier molecular flexibility index (Phi) is 3.58. The molecule has 8 heteroatoms. The first kappa shape index (κ1) is 14.2. The van der Waals surface area contributed by atoms with Gasteiger partial charge in [-0.3, -0.25) is 0 Å². The van der Waals surface area contributed by atoms with Crippen molar-refractivity contribution in [2.24, 2.45) is 0 Å². The Labute approximate surface area is 123 Å². The Hall–Kier alpha value is -2.77. The Morgan fingerprint density at radius 3 is 2.50 bits per heavy atom. The molecule has 114 valence electrons. The fourth-order valence-electron chi connectivity index (χ4n) is 1.97. The lowest BCUT2D eigenvalue weighted by Gasteiger charge is -2.10. The summed E-state index contributed by atoms with van der Waals surface area (Å²) in [5, 5.41) is 11.1. The lowest BCUT2D eigenvalue weighted by atomic mass is 10.3. The number of anilines is 1. The van der Waals surface area contributed by atoms with Crippen molar-refractivity contribution in [2.45, 2.75) is 13.0 Å². The van der Waals surface area contributed by atoms with Crippen LogP contribution in [0.3, 0.4) is 0 Å². The molecule has 0 aliphatic rings. The van der Waals surface area contributed by atoms with E-state index in [0.29, 0.717) is 12.4 Å². The predicted molar refractivity (Wildman–Crippen MR) is 74.3 cm³/mol. The fraction of sp³-hybridized carbons (Fsp3) is 0.143. The maximum absolute atomic E-state index is 12.1. The zero-order valence-electron chi connectivity index (χ0n) is 11.2. The molecule has 1 aromatic heterocycles. The smallest absolute Gasteiger partial charge is 0.406 e. The number of nitrogens with one attached hydrogen (secondary N) is 1. The van der Waals surface area contributed by atoms with Crippen LogP contribution in [0.4, 0.5) is 18.9 Å². The summed E-state index contributed by atoms with van der Waals surface area (Å²) < 4.78 is 41.7. The third-order valence-electron chi connectivity index (χ3n) is 2.94. The van der Waals surface area contributed by atoms with Gasteiger partial charge in [-0.15, -0.1) is 18.3 Å². The minimum absolute atomic E-state index is 0.260. The molecule has 3 aromatic rings. The van der Waals surface area contributed by atoms with Crippen LogP contribution >= 0.6 is 0 Å². The molecule has 0 aliphatic carbocycles. The molecule has 0 aliphatic heterocycles. The highest BCUT2D eigenvalue weighted by atomic mass is 19.4. The fourth-order valence-corrected chi connectivity index (χ4v) is 1.97. The van der Waals surface area contributed by atoms with E-state index in [1.54, 1.807) is 4.68 Å². The van der Waals surface area contributed by atoms with Crippen LogP contribution in [0.15, 0.2) is 48.5 Å². The number of alkyl halides is 3. The molecule has 22 heavy (non-hydrogen) atoms. The first-order valence-electron chi connectivity index (χ1n) is 6.39. The number of benzene rings is 2. The largest absolute Gasteiger partial charge is 0.573 e. The lowest BCUT2D eigenvalue weighted by Crippen LogP contribution is -2.17. The van der Waals surface area contributed by atoms with Crippen molar-refractivity contribution in [3.05, 3.63) is 48.5 Å². The molecule has 1 N–H and O–H groups in total. The third kappa shape index (κ3) is 3.27. The van der Waals surface area contributed by atoms with Gasteiger partial charge in [-0.25, -0.2) is 4.68 Å². The van der Waals surface area contributed by atoms with Gasteiger partial charge in [0.15, 0.2) is 0 Å². The van der Waals surface area contributed by atoms with Crippen LogP contribution in [0.2, 0.25) is 0 Å². The van der Waals surface area contributed by atoms with Crippen LogP contribution in [-0.4, -0.2) is 21.4 Å². The van der Waals surface area contributed by atoms with Gasteiger partial charge in [-0.05, 0) is 36.4 Å². The van der Waals surface area contributed by atoms with Gasteiger partial charge >= 0.3 is 6.36 Å². The Morgan fingerprint density at radius 2 is 1.77 bits per heavy atom. The summed E-state index contributed by atoms with van der Waals surface area (Å²) in [5.41, 5.74) is 2.29. The Balaban J connectivity index is 1.66. The van der Waals surface area contributed by atoms with Gasteiger partial charge in [0.05, 0.1) is 5.52 Å². The summed E-state index contributed by atoms with van der Waals surface area (Å²) in [4.78, 5) is 0. The molecule has 0 saturated heterocycles. The van der Waals surface area contributed by atoms with E-state index in [1.807, 2.05) is 24.3 Å². The number of halogens is 3. The van der Waals surface area contributed by atoms with E-state index in [4.69, 9.17) is 0 Å². The second-order valence-electron chi connectivity index (χ2n) is 4.48. The van der Waals surface area contributed by atoms with Crippen LogP contribution in [0, 0.1) is 0 Å². The molecule has 0 amide bonds. The standard InChI is InChI=1S/C14H11F3N4O/c15-14(16,17)22-11-7-5-10(6-8-11)18-9-21-13-4-2-1-3-12(13)19-20-21/h1-8,18H,9H2. The number of hydrogen-bond acceptors (Lipinski definition) is 4. The highest BCUT2D eigenvalue weighted by Crippen LogP contribution is 2.24. The maximum atomic E-state index is 12.1. The van der Waals surface area contributed by atoms with E-state index in [9.17, 15) is 13.2 Å². The third-order valence-corrected chi connectivity index (χ3v) is 2.94. The molecular formula is C14H11F3N4O. The van der Waals surface area contributed by atoms with E-state index >= 15 is 0 Å². The van der Waals surface area contributed by atoms with Crippen LogP contribution in [0.1, 0.15) is 0 Å². The lowest BCUT2D eigenvalue weighted by molar-refractivity contribution is -0.274. The van der Waals surface area contributed by atoms with E-state index in [-0.39, 0.29) is 5.75 Å². The molecule has 0 fully saturated rings. The summed E-state index contributed by atoms with van der Waals surface area (Å²) in [5.74, 6) is -0.260. The van der Waals surface area contributed by atoms with Crippen molar-refractivity contribution in [3.8, 4) is 5.75 Å². The van der Waals surface area contributed by atoms with Crippen LogP contribution in [-0.2, 0) is 6.67 Å². The summed E-state index contributed by atoms with van der Waals surface area (Å²) >= 11 is 0. The quantitative estimate of drug-likeness (QED) is 0.802. The minimum atomic E-state index is -4.69. The minimum Gasteiger partial charge on any atom is -0.406 e. The summed E-state index contributed by atoms with van der Waals surface area (Å²) in [6.07, 6.45) is -4.69.